The van der Waals surface area contributed by atoms with Crippen LogP contribution in [0.15, 0.2) is 36.4 Å². The van der Waals surface area contributed by atoms with Crippen molar-refractivity contribution in [3.05, 3.63) is 36.4 Å². The molecular weight excluding hydrogens is 254 g/mol. The largest absolute Gasteiger partial charge is 0.481 e. The lowest BCUT2D eigenvalue weighted by Crippen LogP contribution is -2.20. The molecule has 0 saturated carbocycles. The number of ether oxygens (including phenoxy) is 1. The number of anilines is 3. The highest BCUT2D eigenvalue weighted by atomic mass is 16.5. The van der Waals surface area contributed by atoms with E-state index in [0.717, 1.165) is 5.69 Å². The van der Waals surface area contributed by atoms with Gasteiger partial charge in [-0.15, -0.1) is 0 Å². The number of methoxy groups -OCH3 is 1. The van der Waals surface area contributed by atoms with E-state index >= 15 is 0 Å². The van der Waals surface area contributed by atoms with Gasteiger partial charge in [-0.2, -0.15) is 15.2 Å². The first kappa shape index (κ1) is 13.6. The molecule has 2 aromatic rings. The zero-order valence-corrected chi connectivity index (χ0v) is 11.2. The van der Waals surface area contributed by atoms with E-state index in [1.165, 1.54) is 7.11 Å². The van der Waals surface area contributed by atoms with Gasteiger partial charge in [0, 0.05) is 18.3 Å². The zero-order valence-electron chi connectivity index (χ0n) is 11.2. The maximum atomic E-state index is 8.81. The fourth-order valence-electron chi connectivity index (χ4n) is 1.82. The molecule has 0 unspecified atom stereocenters. The predicted octanol–water partition coefficient (Wildman–Crippen LogP) is 2.12. The third-order valence-corrected chi connectivity index (χ3v) is 2.71. The molecule has 0 aliphatic heterocycles. The maximum absolute atomic E-state index is 8.81. The first-order valence-corrected chi connectivity index (χ1v) is 6.12. The molecule has 2 rings (SSSR count). The Morgan fingerprint density at radius 1 is 1.30 bits per heavy atom. The monoisotopic (exact) mass is 269 g/mol. The topological polar surface area (TPSA) is 88.1 Å². The third-order valence-electron chi connectivity index (χ3n) is 2.71. The molecule has 0 amide bonds. The molecule has 1 aromatic carbocycles. The Balaban J connectivity index is 2.41. The van der Waals surface area contributed by atoms with E-state index < -0.39 is 0 Å². The summed E-state index contributed by atoms with van der Waals surface area (Å²) < 4.78 is 5.10. The minimum absolute atomic E-state index is 0.136. The first-order chi connectivity index (χ1) is 9.74. The van der Waals surface area contributed by atoms with Crippen LogP contribution in [0.1, 0.15) is 6.42 Å². The number of rotatable bonds is 5. The van der Waals surface area contributed by atoms with E-state index in [0.29, 0.717) is 24.7 Å². The van der Waals surface area contributed by atoms with Crippen molar-refractivity contribution in [2.45, 2.75) is 6.42 Å². The van der Waals surface area contributed by atoms with E-state index in [2.05, 4.69) is 16.0 Å². The van der Waals surface area contributed by atoms with Crippen molar-refractivity contribution < 1.29 is 4.74 Å². The van der Waals surface area contributed by atoms with Gasteiger partial charge in [-0.1, -0.05) is 18.2 Å². The number of hydrogen-bond acceptors (Lipinski definition) is 6. The number of benzene rings is 1. The van der Waals surface area contributed by atoms with E-state index in [9.17, 15) is 0 Å². The fraction of sp³-hybridized carbons (Fsp3) is 0.214. The van der Waals surface area contributed by atoms with E-state index in [1.54, 1.807) is 6.07 Å². The van der Waals surface area contributed by atoms with Crippen molar-refractivity contribution in [3.8, 4) is 11.9 Å². The van der Waals surface area contributed by atoms with E-state index in [4.69, 9.17) is 15.7 Å². The van der Waals surface area contributed by atoms with Crippen molar-refractivity contribution in [2.75, 3.05) is 24.3 Å². The second kappa shape index (κ2) is 6.38. The van der Waals surface area contributed by atoms with Crippen molar-refractivity contribution in [2.24, 2.45) is 0 Å². The summed E-state index contributed by atoms with van der Waals surface area (Å²) in [4.78, 5) is 10.1. The first-order valence-electron chi connectivity index (χ1n) is 6.12. The van der Waals surface area contributed by atoms with Gasteiger partial charge in [-0.25, -0.2) is 0 Å². The van der Waals surface area contributed by atoms with Crippen LogP contribution in [0.5, 0.6) is 5.88 Å². The Hall–Kier alpha value is -2.81. The fourth-order valence-corrected chi connectivity index (χ4v) is 1.82. The SMILES string of the molecule is COc1cc(N(CCC#N)c2ccccc2)nc(N)n1. The summed E-state index contributed by atoms with van der Waals surface area (Å²) in [7, 11) is 1.52. The van der Waals surface area contributed by atoms with Crippen LogP contribution in [0.3, 0.4) is 0 Å². The molecule has 6 nitrogen and oxygen atoms in total. The molecule has 0 atom stereocenters. The number of para-hydroxylation sites is 1. The molecule has 0 aliphatic rings. The molecule has 0 fully saturated rings. The van der Waals surface area contributed by atoms with Crippen LogP contribution in [0, 0.1) is 11.3 Å². The lowest BCUT2D eigenvalue weighted by molar-refractivity contribution is 0.398. The van der Waals surface area contributed by atoms with E-state index in [-0.39, 0.29) is 5.95 Å². The van der Waals surface area contributed by atoms with Gasteiger partial charge in [0.15, 0.2) is 0 Å². The van der Waals surface area contributed by atoms with Gasteiger partial charge in [0.25, 0.3) is 0 Å². The van der Waals surface area contributed by atoms with E-state index in [1.807, 2.05) is 35.2 Å². The summed E-state index contributed by atoms with van der Waals surface area (Å²) in [6, 6.07) is 13.5. The Morgan fingerprint density at radius 2 is 2.05 bits per heavy atom. The van der Waals surface area contributed by atoms with Gasteiger partial charge in [-0.05, 0) is 12.1 Å². The molecule has 102 valence electrons. The van der Waals surface area contributed by atoms with Crippen LogP contribution >= 0.6 is 0 Å². The molecule has 20 heavy (non-hydrogen) atoms. The summed E-state index contributed by atoms with van der Waals surface area (Å²) >= 11 is 0. The normalized spacial score (nSPS) is 9.80. The smallest absolute Gasteiger partial charge is 0.225 e. The van der Waals surface area contributed by atoms with Crippen LogP contribution in [0.25, 0.3) is 0 Å². The molecule has 1 heterocycles. The number of aromatic nitrogens is 2. The molecular formula is C14H15N5O. The summed E-state index contributed by atoms with van der Waals surface area (Å²) in [6.07, 6.45) is 0.376. The molecule has 0 aliphatic carbocycles. The lowest BCUT2D eigenvalue weighted by atomic mass is 10.2. The van der Waals surface area contributed by atoms with Gasteiger partial charge < -0.3 is 15.4 Å². The third kappa shape index (κ3) is 3.14. The van der Waals surface area contributed by atoms with Gasteiger partial charge in [-0.3, -0.25) is 0 Å². The van der Waals surface area contributed by atoms with Crippen molar-refractivity contribution in [3.63, 3.8) is 0 Å². The average molecular weight is 269 g/mol. The summed E-state index contributed by atoms with van der Waals surface area (Å²) in [5.41, 5.74) is 6.62. The lowest BCUT2D eigenvalue weighted by Gasteiger charge is -2.23. The van der Waals surface area contributed by atoms with Crippen LogP contribution in [-0.4, -0.2) is 23.6 Å². The second-order valence-corrected chi connectivity index (χ2v) is 4.02. The van der Waals surface area contributed by atoms with Gasteiger partial charge in [0.2, 0.25) is 11.8 Å². The number of nitrogen functional groups attached to an aromatic ring is 1. The Bertz CT molecular complexity index is 609. The summed E-state index contributed by atoms with van der Waals surface area (Å²) in [6.45, 7) is 0.514. The molecule has 0 spiro atoms. The van der Waals surface area contributed by atoms with Crippen molar-refractivity contribution >= 4 is 17.5 Å². The molecule has 1 aromatic heterocycles. The molecule has 0 bridgehead atoms. The van der Waals surface area contributed by atoms with Gasteiger partial charge in [0.1, 0.15) is 5.82 Å². The Morgan fingerprint density at radius 3 is 2.70 bits per heavy atom. The quantitative estimate of drug-likeness (QED) is 0.894. The number of hydrogen-bond donors (Lipinski definition) is 1. The standard InChI is InChI=1S/C14H15N5O/c1-20-13-10-12(17-14(16)18-13)19(9-5-8-15)11-6-3-2-4-7-11/h2-4,6-7,10H,5,9H2,1H3,(H2,16,17,18). The molecule has 0 saturated heterocycles. The highest BCUT2D eigenvalue weighted by Gasteiger charge is 2.13. The Kier molecular flexibility index (Phi) is 4.35. The van der Waals surface area contributed by atoms with Crippen LogP contribution in [-0.2, 0) is 0 Å². The Labute approximate surface area is 117 Å². The van der Waals surface area contributed by atoms with Crippen LogP contribution in [0.4, 0.5) is 17.5 Å². The maximum Gasteiger partial charge on any atom is 0.225 e. The molecule has 0 radical (unpaired) electrons. The number of nitrogens with zero attached hydrogens (tertiary/aromatic N) is 4. The van der Waals surface area contributed by atoms with Crippen molar-refractivity contribution in [1.82, 2.24) is 9.97 Å². The minimum atomic E-state index is 0.136. The number of nitrogens with two attached hydrogens (primary N) is 1. The summed E-state index contributed by atoms with van der Waals surface area (Å²) in [5.74, 6) is 1.14. The summed E-state index contributed by atoms with van der Waals surface area (Å²) in [5, 5.41) is 8.81. The zero-order chi connectivity index (χ0) is 14.4. The van der Waals surface area contributed by atoms with Crippen molar-refractivity contribution in [1.29, 1.82) is 5.26 Å². The minimum Gasteiger partial charge on any atom is -0.481 e. The molecule has 2 N–H and O–H groups in total. The predicted molar refractivity (Wildman–Crippen MR) is 76.7 cm³/mol. The second-order valence-electron chi connectivity index (χ2n) is 4.02. The van der Waals surface area contributed by atoms with Crippen LogP contribution < -0.4 is 15.4 Å². The number of nitriles is 1. The average Bonchev–Trinajstić information content (AvgIpc) is 2.48. The van der Waals surface area contributed by atoms with Gasteiger partial charge >= 0.3 is 0 Å². The molecule has 6 heteroatoms. The highest BCUT2D eigenvalue weighted by Crippen LogP contribution is 2.26. The van der Waals surface area contributed by atoms with Crippen LogP contribution in [0.2, 0.25) is 0 Å². The highest BCUT2D eigenvalue weighted by molar-refractivity contribution is 5.61. The van der Waals surface area contributed by atoms with Gasteiger partial charge in [0.05, 0.1) is 19.6 Å².